The van der Waals surface area contributed by atoms with Gasteiger partial charge in [-0.15, -0.1) is 11.8 Å². The molecule has 1 aliphatic carbocycles. The number of aliphatic carboxylic acids is 1. The van der Waals surface area contributed by atoms with Crippen LogP contribution in [0.25, 0.3) is 11.9 Å². The normalized spacial score (nSPS) is 22.4. The lowest BCUT2D eigenvalue weighted by atomic mass is 10.0. The zero-order valence-corrected chi connectivity index (χ0v) is 14.6. The Hall–Kier alpha value is -2.81. The van der Waals surface area contributed by atoms with Crippen molar-refractivity contribution >= 4 is 35.5 Å². The number of ether oxygens (including phenoxy) is 1. The summed E-state index contributed by atoms with van der Waals surface area (Å²) in [6, 6.07) is 0. The van der Waals surface area contributed by atoms with Crippen LogP contribution >= 0.6 is 11.8 Å². The van der Waals surface area contributed by atoms with E-state index in [1.54, 1.807) is 13.2 Å². The molecule has 0 saturated carbocycles. The number of carbonyl (C=O) groups is 2. The number of aryl methyl sites for hydroxylation is 1. The Morgan fingerprint density at radius 3 is 3.04 bits per heavy atom. The number of fused-ring (bicyclic) bond motifs is 4. The minimum Gasteiger partial charge on any atom is -0.481 e. The highest BCUT2D eigenvalue weighted by Gasteiger charge is 2.49. The zero-order valence-electron chi connectivity index (χ0n) is 13.8. The van der Waals surface area contributed by atoms with Crippen molar-refractivity contribution in [2.45, 2.75) is 24.6 Å². The lowest BCUT2D eigenvalue weighted by Gasteiger charge is -2.36. The first kappa shape index (κ1) is 15.4. The average molecular weight is 370 g/mol. The number of amides is 1. The number of thioether (sulfide) groups is 1. The second-order valence-corrected chi connectivity index (χ2v) is 7.26. The largest absolute Gasteiger partial charge is 0.481 e. The zero-order chi connectivity index (χ0) is 18.0. The van der Waals surface area contributed by atoms with E-state index in [0.717, 1.165) is 30.5 Å². The molecule has 3 aliphatic rings. The number of nitrogens with zero attached hydrogens (tertiary/aromatic N) is 4. The Morgan fingerprint density at radius 1 is 1.42 bits per heavy atom. The van der Waals surface area contributed by atoms with Crippen molar-refractivity contribution in [3.63, 3.8) is 0 Å². The smallest absolute Gasteiger partial charge is 0.353 e. The van der Waals surface area contributed by atoms with Crippen LogP contribution in [0.2, 0.25) is 0 Å². The summed E-state index contributed by atoms with van der Waals surface area (Å²) in [5.41, 5.74) is 3.47. The van der Waals surface area contributed by atoms with Crippen molar-refractivity contribution in [1.29, 1.82) is 0 Å². The fraction of sp³-hybridized carbons (Fsp3) is 0.294. The molecule has 5 rings (SSSR count). The molecule has 1 atom stereocenters. The Kier molecular flexibility index (Phi) is 3.17. The lowest BCUT2D eigenvalue weighted by molar-refractivity contribution is -0.141. The van der Waals surface area contributed by atoms with Gasteiger partial charge in [0.1, 0.15) is 11.1 Å². The van der Waals surface area contributed by atoms with Crippen molar-refractivity contribution in [3.05, 3.63) is 39.8 Å². The Morgan fingerprint density at radius 2 is 2.27 bits per heavy atom. The van der Waals surface area contributed by atoms with Gasteiger partial charge in [0.15, 0.2) is 0 Å². The molecule has 1 saturated heterocycles. The van der Waals surface area contributed by atoms with Crippen molar-refractivity contribution in [1.82, 2.24) is 19.3 Å². The molecule has 1 N–H and O–H groups in total. The highest BCUT2D eigenvalue weighted by Crippen LogP contribution is 2.45. The molecule has 1 fully saturated rings. The summed E-state index contributed by atoms with van der Waals surface area (Å²) < 4.78 is 7.35. The number of aromatic nitrogens is 3. The molecule has 0 spiro atoms. The summed E-state index contributed by atoms with van der Waals surface area (Å²) in [5, 5.41) is 10.4. The summed E-state index contributed by atoms with van der Waals surface area (Å²) in [7, 11) is 1.61. The van der Waals surface area contributed by atoms with Crippen molar-refractivity contribution in [3.8, 4) is 5.88 Å². The van der Waals surface area contributed by atoms with Gasteiger partial charge in [-0.25, -0.2) is 9.78 Å². The SMILES string of the molecule is COc1nc2nc(/C=C3/C(=O)N4C(C(=O)O)=CS[C@H]34)cn2c2c1CCC2. The number of methoxy groups -OCH3 is 1. The standard InChI is InChI=1S/C17H14N4O4S/c1-25-13-9-3-2-4-11(9)20-6-8(18-17(20)19-13)5-10-14(22)21-12(16(23)24)7-26-15(10)21/h5-7,15H,2-4H2,1H3,(H,23,24)/b10-5-/t15-/m1/s1. The predicted octanol–water partition coefficient (Wildman–Crippen LogP) is 1.45. The molecule has 2 aromatic rings. The molecule has 132 valence electrons. The van der Waals surface area contributed by atoms with Crippen LogP contribution in [-0.4, -0.2) is 48.7 Å². The van der Waals surface area contributed by atoms with Crippen LogP contribution in [0.4, 0.5) is 0 Å². The quantitative estimate of drug-likeness (QED) is 0.645. The first-order valence-electron chi connectivity index (χ1n) is 8.17. The molecule has 1 amide bonds. The minimum absolute atomic E-state index is 0.0291. The lowest BCUT2D eigenvalue weighted by Crippen LogP contribution is -2.51. The number of hydrogen-bond acceptors (Lipinski definition) is 6. The van der Waals surface area contributed by atoms with Crippen LogP contribution < -0.4 is 4.74 Å². The van der Waals surface area contributed by atoms with Crippen LogP contribution in [0.5, 0.6) is 5.88 Å². The molecule has 0 bridgehead atoms. The van der Waals surface area contributed by atoms with Gasteiger partial charge in [-0.1, -0.05) is 0 Å². The number of carboxylic acid groups (broad SMARTS) is 1. The monoisotopic (exact) mass is 370 g/mol. The number of hydrogen-bond donors (Lipinski definition) is 1. The molecule has 0 unspecified atom stereocenters. The Bertz CT molecular complexity index is 1050. The van der Waals surface area contributed by atoms with E-state index in [4.69, 9.17) is 9.84 Å². The molecule has 0 radical (unpaired) electrons. The van der Waals surface area contributed by atoms with Crippen LogP contribution in [-0.2, 0) is 22.4 Å². The number of imidazole rings is 1. The summed E-state index contributed by atoms with van der Waals surface area (Å²) in [4.78, 5) is 33.8. The molecular weight excluding hydrogens is 356 g/mol. The fourth-order valence-electron chi connectivity index (χ4n) is 3.71. The molecule has 9 heteroatoms. The summed E-state index contributed by atoms with van der Waals surface area (Å²) in [6.45, 7) is 0. The van der Waals surface area contributed by atoms with Crippen molar-refractivity contribution in [2.24, 2.45) is 0 Å². The van der Waals surface area contributed by atoms with E-state index < -0.39 is 5.97 Å². The van der Waals surface area contributed by atoms with E-state index in [0.29, 0.717) is 22.9 Å². The summed E-state index contributed by atoms with van der Waals surface area (Å²) >= 11 is 1.32. The van der Waals surface area contributed by atoms with E-state index in [9.17, 15) is 9.59 Å². The third-order valence-corrected chi connectivity index (χ3v) is 5.98. The van der Waals surface area contributed by atoms with Crippen LogP contribution in [0.1, 0.15) is 23.4 Å². The van der Waals surface area contributed by atoms with Gasteiger partial charge >= 0.3 is 5.97 Å². The topological polar surface area (TPSA) is 97.0 Å². The van der Waals surface area contributed by atoms with Gasteiger partial charge < -0.3 is 9.84 Å². The molecular formula is C17H14N4O4S. The van der Waals surface area contributed by atoms with Crippen molar-refractivity contribution in [2.75, 3.05) is 7.11 Å². The average Bonchev–Trinajstić information content (AvgIpc) is 3.33. The maximum atomic E-state index is 12.3. The second kappa shape index (κ2) is 5.34. The van der Waals surface area contributed by atoms with Gasteiger partial charge in [-0.3, -0.25) is 14.1 Å². The number of carboxylic acids is 1. The van der Waals surface area contributed by atoms with E-state index in [1.165, 1.54) is 22.1 Å². The highest BCUT2D eigenvalue weighted by molar-refractivity contribution is 8.03. The fourth-order valence-corrected chi connectivity index (χ4v) is 4.83. The minimum atomic E-state index is -1.09. The maximum absolute atomic E-state index is 12.3. The van der Waals surface area contributed by atoms with Gasteiger partial charge in [-0.2, -0.15) is 4.98 Å². The molecule has 2 aliphatic heterocycles. The molecule has 8 nitrogen and oxygen atoms in total. The van der Waals surface area contributed by atoms with E-state index in [-0.39, 0.29) is 17.0 Å². The number of β-lactam (4-membered cyclic amide) rings is 1. The Labute approximate surface area is 152 Å². The van der Waals surface area contributed by atoms with Gasteiger partial charge in [0.05, 0.1) is 18.4 Å². The summed E-state index contributed by atoms with van der Waals surface area (Å²) in [6.07, 6.45) is 6.52. The van der Waals surface area contributed by atoms with Crippen LogP contribution in [0.3, 0.4) is 0 Å². The van der Waals surface area contributed by atoms with Crippen molar-refractivity contribution < 1.29 is 19.4 Å². The Balaban J connectivity index is 1.53. The molecule has 0 aromatic carbocycles. The van der Waals surface area contributed by atoms with Crippen LogP contribution in [0.15, 0.2) is 22.9 Å². The predicted molar refractivity (Wildman–Crippen MR) is 93.5 cm³/mol. The number of carbonyl (C=O) groups excluding carboxylic acids is 1. The maximum Gasteiger partial charge on any atom is 0.353 e. The second-order valence-electron chi connectivity index (χ2n) is 6.31. The highest BCUT2D eigenvalue weighted by atomic mass is 32.2. The van der Waals surface area contributed by atoms with E-state index in [1.807, 2.05) is 10.6 Å². The van der Waals surface area contributed by atoms with Gasteiger partial charge in [0, 0.05) is 22.9 Å². The van der Waals surface area contributed by atoms with Crippen LogP contribution in [0, 0.1) is 0 Å². The van der Waals surface area contributed by atoms with E-state index >= 15 is 0 Å². The first-order chi connectivity index (χ1) is 12.6. The van der Waals surface area contributed by atoms with Gasteiger partial charge in [0.2, 0.25) is 11.7 Å². The van der Waals surface area contributed by atoms with E-state index in [2.05, 4.69) is 9.97 Å². The third kappa shape index (κ3) is 1.97. The number of rotatable bonds is 3. The third-order valence-electron chi connectivity index (χ3n) is 4.90. The first-order valence-corrected chi connectivity index (χ1v) is 9.11. The molecule has 4 heterocycles. The summed E-state index contributed by atoms with van der Waals surface area (Å²) in [5.74, 6) is -0.225. The van der Waals surface area contributed by atoms with Gasteiger partial charge in [0.25, 0.3) is 5.91 Å². The van der Waals surface area contributed by atoms with Gasteiger partial charge in [-0.05, 0) is 25.3 Å². The molecule has 2 aromatic heterocycles. The molecule has 26 heavy (non-hydrogen) atoms.